The van der Waals surface area contributed by atoms with Gasteiger partial charge in [0.15, 0.2) is 11.4 Å². The second kappa shape index (κ2) is 8.19. The summed E-state index contributed by atoms with van der Waals surface area (Å²) in [4.78, 5) is 38.8. The van der Waals surface area contributed by atoms with Gasteiger partial charge in [0.25, 0.3) is 5.91 Å². The fourth-order valence-electron chi connectivity index (χ4n) is 4.58. The Balaban J connectivity index is 1.60. The van der Waals surface area contributed by atoms with Crippen LogP contribution in [0.1, 0.15) is 67.4 Å². The molecule has 0 bridgehead atoms. The van der Waals surface area contributed by atoms with Crippen molar-refractivity contribution in [2.45, 2.75) is 71.9 Å². The predicted molar refractivity (Wildman–Crippen MR) is 123 cm³/mol. The molecule has 1 saturated heterocycles. The van der Waals surface area contributed by atoms with E-state index in [9.17, 15) is 9.59 Å². The molecule has 0 radical (unpaired) electrons. The lowest BCUT2D eigenvalue weighted by atomic mass is 10.0. The van der Waals surface area contributed by atoms with Crippen molar-refractivity contribution in [3.05, 3.63) is 46.4 Å². The lowest BCUT2D eigenvalue weighted by Crippen LogP contribution is -2.48. The minimum absolute atomic E-state index is 0.0591. The number of anilines is 1. The van der Waals surface area contributed by atoms with Gasteiger partial charge < -0.3 is 9.64 Å². The molecule has 7 heteroatoms. The molecule has 170 valence electrons. The fourth-order valence-corrected chi connectivity index (χ4v) is 4.58. The number of aromatic nitrogens is 2. The van der Waals surface area contributed by atoms with E-state index in [-0.39, 0.29) is 17.9 Å². The molecule has 1 unspecified atom stereocenters. The van der Waals surface area contributed by atoms with Crippen LogP contribution in [0.2, 0.25) is 0 Å². The van der Waals surface area contributed by atoms with Gasteiger partial charge >= 0.3 is 0 Å². The van der Waals surface area contributed by atoms with Gasteiger partial charge in [-0.15, -0.1) is 0 Å². The van der Waals surface area contributed by atoms with Crippen LogP contribution in [-0.2, 0) is 16.0 Å². The largest absolute Gasteiger partial charge is 0.478 e. The molecule has 0 spiro atoms. The number of hydrogen-bond acceptors (Lipinski definition) is 5. The van der Waals surface area contributed by atoms with E-state index in [2.05, 4.69) is 6.92 Å². The van der Waals surface area contributed by atoms with Crippen LogP contribution in [-0.4, -0.2) is 45.9 Å². The first kappa shape index (κ1) is 22.2. The van der Waals surface area contributed by atoms with E-state index in [0.717, 1.165) is 29.7 Å². The van der Waals surface area contributed by atoms with Crippen molar-refractivity contribution in [3.63, 3.8) is 0 Å². The van der Waals surface area contributed by atoms with Gasteiger partial charge in [-0.3, -0.25) is 14.5 Å². The van der Waals surface area contributed by atoms with Crippen molar-refractivity contribution < 1.29 is 14.3 Å². The number of hydrogen-bond donors (Lipinski definition) is 0. The van der Waals surface area contributed by atoms with Gasteiger partial charge in [-0.2, -0.15) is 0 Å². The SMILES string of the molecule is Cc1ccc(OC(C)(C)C(=O)N2CCCC2c2nc(C)c3c(n2)N(C)C(=O)CC3)cc1C. The summed E-state index contributed by atoms with van der Waals surface area (Å²) in [5.41, 5.74) is 3.19. The summed E-state index contributed by atoms with van der Waals surface area (Å²) >= 11 is 0. The number of fused-ring (bicyclic) bond motifs is 1. The van der Waals surface area contributed by atoms with E-state index in [4.69, 9.17) is 14.7 Å². The minimum atomic E-state index is -1.03. The van der Waals surface area contributed by atoms with Crippen LogP contribution in [0.25, 0.3) is 0 Å². The van der Waals surface area contributed by atoms with Gasteiger partial charge in [0.05, 0.1) is 6.04 Å². The maximum absolute atomic E-state index is 13.6. The molecule has 2 aliphatic rings. The average molecular weight is 437 g/mol. The Kier molecular flexibility index (Phi) is 5.69. The summed E-state index contributed by atoms with van der Waals surface area (Å²) in [6.07, 6.45) is 2.81. The maximum atomic E-state index is 13.6. The molecule has 32 heavy (non-hydrogen) atoms. The zero-order chi connectivity index (χ0) is 23.2. The van der Waals surface area contributed by atoms with Crippen molar-refractivity contribution >= 4 is 17.6 Å². The van der Waals surface area contributed by atoms with Gasteiger partial charge in [-0.25, -0.2) is 9.97 Å². The Morgan fingerprint density at radius 2 is 1.88 bits per heavy atom. The highest BCUT2D eigenvalue weighted by molar-refractivity contribution is 5.94. The van der Waals surface area contributed by atoms with Crippen LogP contribution in [0.4, 0.5) is 5.82 Å². The molecular formula is C25H32N4O3. The molecule has 2 aromatic rings. The molecule has 1 fully saturated rings. The summed E-state index contributed by atoms with van der Waals surface area (Å²) < 4.78 is 6.16. The summed E-state index contributed by atoms with van der Waals surface area (Å²) in [6, 6.07) is 5.65. The van der Waals surface area contributed by atoms with Gasteiger partial charge in [-0.05, 0) is 77.1 Å². The van der Waals surface area contributed by atoms with Gasteiger partial charge in [0.2, 0.25) is 5.91 Å². The summed E-state index contributed by atoms with van der Waals surface area (Å²) in [7, 11) is 1.76. The number of rotatable bonds is 4. The number of likely N-dealkylation sites (tertiary alicyclic amines) is 1. The molecule has 0 saturated carbocycles. The van der Waals surface area contributed by atoms with Crippen LogP contribution in [0, 0.1) is 20.8 Å². The number of carbonyl (C=O) groups is 2. The number of ether oxygens (including phenoxy) is 1. The lowest BCUT2D eigenvalue weighted by Gasteiger charge is -2.34. The quantitative estimate of drug-likeness (QED) is 0.728. The molecule has 1 atom stereocenters. The highest BCUT2D eigenvalue weighted by Crippen LogP contribution is 2.36. The monoisotopic (exact) mass is 436 g/mol. The van der Waals surface area contributed by atoms with E-state index < -0.39 is 5.60 Å². The Labute approximate surface area is 189 Å². The molecular weight excluding hydrogens is 404 g/mol. The Hall–Kier alpha value is -2.96. The molecule has 0 aliphatic carbocycles. The van der Waals surface area contributed by atoms with Crippen LogP contribution >= 0.6 is 0 Å². The Morgan fingerprint density at radius 1 is 1.12 bits per heavy atom. The molecule has 0 N–H and O–H groups in total. The molecule has 4 rings (SSSR count). The second-order valence-electron chi connectivity index (χ2n) is 9.44. The second-order valence-corrected chi connectivity index (χ2v) is 9.44. The third kappa shape index (κ3) is 3.96. The molecule has 2 aliphatic heterocycles. The first-order chi connectivity index (χ1) is 15.1. The van der Waals surface area contributed by atoms with Gasteiger partial charge in [0.1, 0.15) is 11.6 Å². The van der Waals surface area contributed by atoms with E-state index >= 15 is 0 Å². The third-order valence-electron chi connectivity index (χ3n) is 6.67. The van der Waals surface area contributed by atoms with E-state index in [1.54, 1.807) is 11.9 Å². The predicted octanol–water partition coefficient (Wildman–Crippen LogP) is 3.83. The van der Waals surface area contributed by atoms with Gasteiger partial charge in [-0.1, -0.05) is 6.07 Å². The number of benzene rings is 1. The van der Waals surface area contributed by atoms with Crippen molar-refractivity contribution in [1.82, 2.24) is 14.9 Å². The van der Waals surface area contributed by atoms with Crippen molar-refractivity contribution in [2.75, 3.05) is 18.5 Å². The van der Waals surface area contributed by atoms with Crippen molar-refractivity contribution in [1.29, 1.82) is 0 Å². The lowest BCUT2D eigenvalue weighted by molar-refractivity contribution is -0.146. The average Bonchev–Trinajstić information content (AvgIpc) is 3.22. The van der Waals surface area contributed by atoms with Crippen LogP contribution in [0.15, 0.2) is 18.2 Å². The number of nitrogens with zero attached hydrogens (tertiary/aromatic N) is 4. The van der Waals surface area contributed by atoms with E-state index in [0.29, 0.717) is 36.8 Å². The highest BCUT2D eigenvalue weighted by atomic mass is 16.5. The minimum Gasteiger partial charge on any atom is -0.478 e. The standard InChI is InChI=1S/C25H32N4O3/c1-15-9-10-18(14-16(15)2)32-25(4,5)24(31)29-13-7-8-20(29)22-26-17(3)19-11-12-21(30)28(6)23(19)27-22/h9-10,14,20H,7-8,11-13H2,1-6H3. The van der Waals surface area contributed by atoms with Crippen molar-refractivity contribution in [2.24, 2.45) is 0 Å². The maximum Gasteiger partial charge on any atom is 0.266 e. The first-order valence-electron chi connectivity index (χ1n) is 11.3. The van der Waals surface area contributed by atoms with E-state index in [1.807, 2.05) is 50.8 Å². The molecule has 1 aromatic carbocycles. The zero-order valence-electron chi connectivity index (χ0n) is 19.9. The third-order valence-corrected chi connectivity index (χ3v) is 6.67. The zero-order valence-corrected chi connectivity index (χ0v) is 19.9. The number of amides is 2. The number of aryl methyl sites for hydroxylation is 3. The highest BCUT2D eigenvalue weighted by Gasteiger charge is 2.41. The smallest absolute Gasteiger partial charge is 0.266 e. The summed E-state index contributed by atoms with van der Waals surface area (Å²) in [5, 5.41) is 0. The number of carbonyl (C=O) groups excluding carboxylic acids is 2. The fraction of sp³-hybridized carbons (Fsp3) is 0.520. The summed E-state index contributed by atoms with van der Waals surface area (Å²) in [6.45, 7) is 10.3. The Bertz CT molecular complexity index is 1080. The van der Waals surface area contributed by atoms with Crippen LogP contribution in [0.3, 0.4) is 0 Å². The van der Waals surface area contributed by atoms with Gasteiger partial charge in [0, 0.05) is 31.3 Å². The molecule has 2 amide bonds. The van der Waals surface area contributed by atoms with Crippen LogP contribution in [0.5, 0.6) is 5.75 Å². The molecule has 1 aromatic heterocycles. The molecule has 7 nitrogen and oxygen atoms in total. The van der Waals surface area contributed by atoms with Crippen molar-refractivity contribution in [3.8, 4) is 5.75 Å². The van der Waals surface area contributed by atoms with E-state index in [1.165, 1.54) is 5.56 Å². The van der Waals surface area contributed by atoms with Crippen LogP contribution < -0.4 is 9.64 Å². The Morgan fingerprint density at radius 3 is 2.59 bits per heavy atom. The normalized spacial score (nSPS) is 18.7. The first-order valence-corrected chi connectivity index (χ1v) is 11.3. The summed E-state index contributed by atoms with van der Waals surface area (Å²) in [5.74, 6) is 1.94. The molecule has 3 heterocycles. The topological polar surface area (TPSA) is 75.6 Å².